The van der Waals surface area contributed by atoms with Crippen LogP contribution in [0.15, 0.2) is 243 Å². The third kappa shape index (κ3) is 8.49. The molecule has 4 fully saturated rings. The van der Waals surface area contributed by atoms with Crippen molar-refractivity contribution in [3.05, 3.63) is 287 Å². The third-order valence-corrected chi connectivity index (χ3v) is 15.8. The Morgan fingerprint density at radius 3 is 0.574 bits per heavy atom. The number of hydrogen-bond acceptors (Lipinski definition) is 4. The third-order valence-electron chi connectivity index (χ3n) is 15.8. The fourth-order valence-electron chi connectivity index (χ4n) is 12.8. The van der Waals surface area contributed by atoms with Crippen molar-refractivity contribution < 1.29 is 9.59 Å². The Bertz CT molecular complexity index is 2300. The van der Waals surface area contributed by atoms with Crippen molar-refractivity contribution in [1.82, 2.24) is 10.6 Å². The number of rotatable bonds is 8. The van der Waals surface area contributed by atoms with E-state index in [0.717, 1.165) is 12.8 Å². The van der Waals surface area contributed by atoms with Crippen molar-refractivity contribution in [3.8, 4) is 0 Å². The summed E-state index contributed by atoms with van der Waals surface area (Å²) in [6.07, 6.45) is 1.95. The lowest BCUT2D eigenvalue weighted by Crippen LogP contribution is -2.55. The highest BCUT2D eigenvalue weighted by atomic mass is 16.1. The summed E-state index contributed by atoms with van der Waals surface area (Å²) in [5.74, 6) is 1.13. The SMILES string of the molecule is O=C1[C@@H]2[C@@H](c3ccccc3)C[C@@H](c3ccccc3)[C@H]1[C@H](c1ccccc1)N[C@@H]2c1ccccc1.O=C1[C@@H]2[C@H](c3ccccc3)C[C@H](c3ccccc3)[C@H]1[C@@H](c1ccccc1)N[C@H]2c1ccccc1. The van der Waals surface area contributed by atoms with Gasteiger partial charge in [0.15, 0.2) is 0 Å². The summed E-state index contributed by atoms with van der Waals surface area (Å²) in [6, 6.07) is 84.8. The molecule has 2 saturated carbocycles. The first kappa shape index (κ1) is 43.6. The summed E-state index contributed by atoms with van der Waals surface area (Å²) in [5, 5.41) is 7.99. The lowest BCUT2D eigenvalue weighted by molar-refractivity contribution is -0.138. The minimum Gasteiger partial charge on any atom is -0.302 e. The predicted molar refractivity (Wildman–Crippen MR) is 273 cm³/mol. The second kappa shape index (κ2) is 19.7. The van der Waals surface area contributed by atoms with Gasteiger partial charge in [0.25, 0.3) is 0 Å². The number of ketones is 2. The molecule has 2 aliphatic heterocycles. The molecule has 336 valence electrons. The molecule has 4 bridgehead atoms. The van der Waals surface area contributed by atoms with Crippen LogP contribution in [0.3, 0.4) is 0 Å². The van der Waals surface area contributed by atoms with Crippen LogP contribution >= 0.6 is 0 Å². The number of piperidine rings is 2. The van der Waals surface area contributed by atoms with Crippen molar-refractivity contribution in [1.29, 1.82) is 0 Å². The maximum atomic E-state index is 14.5. The zero-order valence-electron chi connectivity index (χ0n) is 38.3. The van der Waals surface area contributed by atoms with Gasteiger partial charge in [-0.25, -0.2) is 0 Å². The lowest BCUT2D eigenvalue weighted by atomic mass is 9.56. The van der Waals surface area contributed by atoms with Crippen LogP contribution in [-0.2, 0) is 9.59 Å². The van der Waals surface area contributed by atoms with Gasteiger partial charge in [-0.15, -0.1) is 0 Å². The van der Waals surface area contributed by atoms with Crippen LogP contribution < -0.4 is 10.6 Å². The predicted octanol–water partition coefficient (Wildman–Crippen LogP) is 13.7. The first-order valence-corrected chi connectivity index (χ1v) is 24.6. The summed E-state index contributed by atoms with van der Waals surface area (Å²) in [6.45, 7) is 0. The molecular formula is C64H58N2O2. The summed E-state index contributed by atoms with van der Waals surface area (Å²) >= 11 is 0. The smallest absolute Gasteiger partial charge is 0.144 e. The summed E-state index contributed by atoms with van der Waals surface area (Å²) in [4.78, 5) is 29.0. The minimum atomic E-state index is -0.0882. The summed E-state index contributed by atoms with van der Waals surface area (Å²) in [7, 11) is 0. The minimum absolute atomic E-state index is 0.0166. The number of fused-ring (bicyclic) bond motifs is 4. The number of Topliss-reactive ketones (excluding diaryl/α,β-unsaturated/α-hetero) is 2. The van der Waals surface area contributed by atoms with E-state index < -0.39 is 0 Å². The molecule has 2 heterocycles. The van der Waals surface area contributed by atoms with Gasteiger partial charge in [0.05, 0.1) is 0 Å². The molecule has 12 rings (SSSR count). The highest BCUT2D eigenvalue weighted by Crippen LogP contribution is 2.58. The molecule has 0 amide bonds. The van der Waals surface area contributed by atoms with Gasteiger partial charge >= 0.3 is 0 Å². The molecule has 2 saturated heterocycles. The Morgan fingerprint density at radius 2 is 0.397 bits per heavy atom. The average Bonchev–Trinajstić information content (AvgIpc) is 3.41. The van der Waals surface area contributed by atoms with Gasteiger partial charge in [-0.05, 0) is 81.0 Å². The molecule has 0 radical (unpaired) electrons. The first-order chi connectivity index (χ1) is 33.6. The van der Waals surface area contributed by atoms with E-state index in [1.165, 1.54) is 44.5 Å². The van der Waals surface area contributed by atoms with Gasteiger partial charge in [-0.1, -0.05) is 243 Å². The number of benzene rings is 8. The van der Waals surface area contributed by atoms with E-state index in [1.807, 2.05) is 24.3 Å². The molecule has 2 aliphatic carbocycles. The second-order valence-corrected chi connectivity index (χ2v) is 19.3. The fraction of sp³-hybridized carbons (Fsp3) is 0.219. The molecule has 4 heteroatoms. The quantitative estimate of drug-likeness (QED) is 0.160. The number of nitrogens with one attached hydrogen (secondary N) is 2. The normalized spacial score (nSPS) is 28.4. The van der Waals surface area contributed by atoms with Crippen molar-refractivity contribution in [3.63, 3.8) is 0 Å². The van der Waals surface area contributed by atoms with Crippen molar-refractivity contribution in [2.24, 2.45) is 23.7 Å². The van der Waals surface area contributed by atoms with Gasteiger partial charge in [0, 0.05) is 47.8 Å². The molecule has 8 aromatic carbocycles. The first-order valence-electron chi connectivity index (χ1n) is 24.6. The van der Waals surface area contributed by atoms with Crippen LogP contribution in [0.2, 0.25) is 0 Å². The van der Waals surface area contributed by atoms with Crippen molar-refractivity contribution >= 4 is 11.6 Å². The highest BCUT2D eigenvalue weighted by Gasteiger charge is 2.56. The fourth-order valence-corrected chi connectivity index (χ4v) is 12.8. The Labute approximate surface area is 401 Å². The monoisotopic (exact) mass is 886 g/mol. The van der Waals surface area contributed by atoms with E-state index in [4.69, 9.17) is 0 Å². The van der Waals surface area contributed by atoms with Crippen LogP contribution in [0.4, 0.5) is 0 Å². The molecule has 68 heavy (non-hydrogen) atoms. The van der Waals surface area contributed by atoms with E-state index in [1.54, 1.807) is 0 Å². The average molecular weight is 887 g/mol. The van der Waals surface area contributed by atoms with Gasteiger partial charge in [-0.3, -0.25) is 9.59 Å². The van der Waals surface area contributed by atoms with E-state index in [-0.39, 0.29) is 71.5 Å². The van der Waals surface area contributed by atoms with E-state index in [9.17, 15) is 9.59 Å². The molecule has 0 unspecified atom stereocenters. The number of hydrogen-bond donors (Lipinski definition) is 2. The van der Waals surface area contributed by atoms with Crippen LogP contribution in [-0.4, -0.2) is 11.6 Å². The molecule has 0 spiro atoms. The molecule has 4 aliphatic rings. The lowest BCUT2D eigenvalue weighted by Gasteiger charge is -2.52. The van der Waals surface area contributed by atoms with Gasteiger partial charge in [0.1, 0.15) is 11.6 Å². The standard InChI is InChI=1S/2C32H29NO/c2*34-32-28-26(22-13-5-1-6-14-22)21-27(23-15-7-2-8-16-23)29(32)31(25-19-11-4-12-20-25)33-30(28)24-17-9-3-10-18-24/h2*1-20,26-31,33H,21H2/t26-,27+,28+,29-,30-,31+;26-,27+,28-,29+,30-,31+. The Morgan fingerprint density at radius 1 is 0.235 bits per heavy atom. The Kier molecular flexibility index (Phi) is 12.6. The van der Waals surface area contributed by atoms with Crippen LogP contribution in [0.1, 0.15) is 105 Å². The van der Waals surface area contributed by atoms with Crippen LogP contribution in [0.5, 0.6) is 0 Å². The largest absolute Gasteiger partial charge is 0.302 e. The Balaban J connectivity index is 0.000000149. The molecule has 12 atom stereocenters. The highest BCUT2D eigenvalue weighted by molar-refractivity contribution is 5.90. The molecule has 4 nitrogen and oxygen atoms in total. The van der Waals surface area contributed by atoms with Crippen LogP contribution in [0.25, 0.3) is 0 Å². The maximum absolute atomic E-state index is 14.5. The van der Waals surface area contributed by atoms with Crippen molar-refractivity contribution in [2.75, 3.05) is 0 Å². The Hall–Kier alpha value is -6.98. The molecular weight excluding hydrogens is 829 g/mol. The maximum Gasteiger partial charge on any atom is 0.144 e. The van der Waals surface area contributed by atoms with E-state index in [2.05, 4.69) is 229 Å². The number of carbonyl (C=O) groups excluding carboxylic acids is 2. The molecule has 0 aromatic heterocycles. The topological polar surface area (TPSA) is 58.2 Å². The zero-order chi connectivity index (χ0) is 45.8. The van der Waals surface area contributed by atoms with Crippen LogP contribution in [0, 0.1) is 23.7 Å². The van der Waals surface area contributed by atoms with Gasteiger partial charge < -0.3 is 10.6 Å². The van der Waals surface area contributed by atoms with Gasteiger partial charge in [0.2, 0.25) is 0 Å². The summed E-state index contributed by atoms with van der Waals surface area (Å²) in [5.41, 5.74) is 9.83. The number of carbonyl (C=O) groups is 2. The van der Waals surface area contributed by atoms with Gasteiger partial charge in [-0.2, -0.15) is 0 Å². The molecule has 8 aromatic rings. The van der Waals surface area contributed by atoms with E-state index in [0.29, 0.717) is 11.6 Å². The molecule has 2 N–H and O–H groups in total. The van der Waals surface area contributed by atoms with Crippen molar-refractivity contribution in [2.45, 2.75) is 60.7 Å². The van der Waals surface area contributed by atoms with E-state index >= 15 is 0 Å². The zero-order valence-corrected chi connectivity index (χ0v) is 38.3. The summed E-state index contributed by atoms with van der Waals surface area (Å²) < 4.78 is 0. The second-order valence-electron chi connectivity index (χ2n) is 19.3.